The van der Waals surface area contributed by atoms with Gasteiger partial charge in [-0.1, -0.05) is 24.3 Å². The van der Waals surface area contributed by atoms with Gasteiger partial charge in [0.1, 0.15) is 5.75 Å². The third-order valence-electron chi connectivity index (χ3n) is 5.98. The molecular weight excluding hydrogens is 509 g/mol. The molecule has 1 amide bonds. The number of rotatable bonds is 8. The summed E-state index contributed by atoms with van der Waals surface area (Å²) in [6.45, 7) is 6.86. The lowest BCUT2D eigenvalue weighted by atomic mass is 9.86. The second-order valence-electron chi connectivity index (χ2n) is 10.1. The Balaban J connectivity index is 1.67. The van der Waals surface area contributed by atoms with Gasteiger partial charge in [0.2, 0.25) is 5.78 Å². The molecule has 1 atom stereocenters. The maximum absolute atomic E-state index is 13.0. The van der Waals surface area contributed by atoms with E-state index in [0.717, 1.165) is 47.7 Å². The van der Waals surface area contributed by atoms with Crippen LogP contribution in [0.3, 0.4) is 0 Å². The normalized spacial score (nSPS) is 16.6. The van der Waals surface area contributed by atoms with E-state index in [9.17, 15) is 36.7 Å². The molecule has 0 saturated heterocycles. The van der Waals surface area contributed by atoms with Crippen LogP contribution >= 0.6 is 10.6 Å². The number of fused-ring (bicyclic) bond motifs is 1. The molecule has 2 aromatic carbocycles. The van der Waals surface area contributed by atoms with Crippen LogP contribution in [-0.2, 0) is 33.5 Å². The largest absolute Gasteiger partial charge is 0.416 e. The first kappa shape index (κ1) is 28.8. The molecule has 11 heteroatoms. The highest BCUT2D eigenvalue weighted by molar-refractivity contribution is 8.25. The fourth-order valence-corrected chi connectivity index (χ4v) is 5.33. The highest BCUT2D eigenvalue weighted by Gasteiger charge is 2.34. The van der Waals surface area contributed by atoms with E-state index in [1.807, 2.05) is 18.2 Å². The monoisotopic (exact) mass is 540 g/mol. The van der Waals surface area contributed by atoms with Crippen molar-refractivity contribution in [3.63, 3.8) is 0 Å². The van der Waals surface area contributed by atoms with E-state index in [1.165, 1.54) is 0 Å². The molecule has 0 fully saturated rings. The first-order chi connectivity index (χ1) is 17.1. The smallest absolute Gasteiger partial charge is 0.342 e. The highest BCUT2D eigenvalue weighted by atomic mass is 32.3. The number of alkyl halides is 3. The summed E-state index contributed by atoms with van der Waals surface area (Å²) in [5.74, 6) is -5.26. The van der Waals surface area contributed by atoms with Crippen molar-refractivity contribution in [3.05, 3.63) is 64.7 Å². The molecule has 4 N–H and O–H groups in total. The van der Waals surface area contributed by atoms with E-state index >= 15 is 0 Å². The minimum absolute atomic E-state index is 0.0527. The van der Waals surface area contributed by atoms with Gasteiger partial charge in [-0.25, -0.2) is 0 Å². The van der Waals surface area contributed by atoms with Crippen molar-refractivity contribution >= 4 is 28.1 Å². The number of Topliss-reactive ketones (excluding diaryl/α,β-unsaturated/α-hetero) is 2. The molecule has 2 aromatic rings. The Morgan fingerprint density at radius 1 is 1.05 bits per heavy atom. The van der Waals surface area contributed by atoms with Crippen molar-refractivity contribution in [2.45, 2.75) is 69.2 Å². The molecule has 0 bridgehead atoms. The summed E-state index contributed by atoms with van der Waals surface area (Å²) in [6.07, 6.45) is -2.62. The van der Waals surface area contributed by atoms with E-state index in [-0.39, 0.29) is 5.54 Å². The molecule has 0 saturated carbocycles. The third-order valence-corrected chi connectivity index (χ3v) is 7.65. The minimum Gasteiger partial charge on any atom is -0.342 e. The lowest BCUT2D eigenvalue weighted by molar-refractivity contribution is -0.144. The maximum atomic E-state index is 13.0. The second-order valence-corrected chi connectivity index (χ2v) is 12.2. The first-order valence-electron chi connectivity index (χ1n) is 11.7. The fourth-order valence-electron chi connectivity index (χ4n) is 4.05. The van der Waals surface area contributed by atoms with Crippen LogP contribution in [0.15, 0.2) is 47.4 Å². The number of benzene rings is 2. The molecular formula is C26H31F3N2O5S. The Hall–Kier alpha value is -2.73. The summed E-state index contributed by atoms with van der Waals surface area (Å²) in [5, 5.41) is 5.97. The van der Waals surface area contributed by atoms with Gasteiger partial charge in [0.25, 0.3) is 11.7 Å². The van der Waals surface area contributed by atoms with Crippen molar-refractivity contribution in [2.24, 2.45) is 0 Å². The third kappa shape index (κ3) is 7.64. The van der Waals surface area contributed by atoms with E-state index < -0.39 is 56.5 Å². The summed E-state index contributed by atoms with van der Waals surface area (Å²) in [4.78, 5) is 36.9. The Kier molecular flexibility index (Phi) is 8.53. The Labute approximate surface area is 215 Å². The van der Waals surface area contributed by atoms with Gasteiger partial charge in [-0.05, 0) is 74.9 Å². The van der Waals surface area contributed by atoms with Gasteiger partial charge in [0, 0.05) is 12.1 Å². The van der Waals surface area contributed by atoms with Crippen molar-refractivity contribution < 1.29 is 36.7 Å². The molecule has 37 heavy (non-hydrogen) atoms. The summed E-state index contributed by atoms with van der Waals surface area (Å²) >= 11 is 0. The lowest BCUT2D eigenvalue weighted by Gasteiger charge is -2.31. The minimum atomic E-state index is -4.73. The van der Waals surface area contributed by atoms with Crippen LogP contribution in [0.5, 0.6) is 0 Å². The van der Waals surface area contributed by atoms with Crippen molar-refractivity contribution in [2.75, 3.05) is 5.75 Å². The number of nitrogens with one attached hydrogen (secondary N) is 2. The van der Waals surface area contributed by atoms with Crippen LogP contribution in [0, 0.1) is 0 Å². The predicted molar refractivity (Wildman–Crippen MR) is 134 cm³/mol. The molecule has 0 aliphatic heterocycles. The standard InChI is InChI=1S/C26H31F3N2O5S/c1-25(2,3)30-14-16-10-11-20-17(12-16)6-4-9-21(20)31-24(34)23(33)22(32)15-37(35,36)19-8-5-7-18(13-19)26(27,28)29/h5,7-8,10-13,21,30,35-36H,4,6,9,14-15H2,1-3H3,(H,31,34)/t21-/m1/s1. The van der Waals surface area contributed by atoms with Crippen molar-refractivity contribution in [1.29, 1.82) is 0 Å². The van der Waals surface area contributed by atoms with Gasteiger partial charge in [-0.3, -0.25) is 23.5 Å². The lowest BCUT2D eigenvalue weighted by Crippen LogP contribution is -2.40. The quantitative estimate of drug-likeness (QED) is 0.276. The van der Waals surface area contributed by atoms with Crippen molar-refractivity contribution in [3.8, 4) is 0 Å². The molecule has 202 valence electrons. The Bertz CT molecular complexity index is 1190. The van der Waals surface area contributed by atoms with Crippen LogP contribution in [0.1, 0.15) is 61.9 Å². The fraction of sp³-hybridized carbons (Fsp3) is 0.423. The summed E-state index contributed by atoms with van der Waals surface area (Å²) in [7, 11) is -4.08. The molecule has 0 aromatic heterocycles. The summed E-state index contributed by atoms with van der Waals surface area (Å²) in [5.41, 5.74) is 1.76. The number of amides is 1. The zero-order valence-corrected chi connectivity index (χ0v) is 21.6. The number of carbonyl (C=O) groups excluding carboxylic acids is 3. The zero-order chi connectivity index (χ0) is 27.6. The number of ketones is 2. The molecule has 0 radical (unpaired) electrons. The van der Waals surface area contributed by atoms with Gasteiger partial charge in [0.15, 0.2) is 0 Å². The average Bonchev–Trinajstić information content (AvgIpc) is 2.81. The number of hydrogen-bond donors (Lipinski definition) is 4. The average molecular weight is 541 g/mol. The number of hydrogen-bond acceptors (Lipinski definition) is 6. The molecule has 1 aliphatic rings. The predicted octanol–water partition coefficient (Wildman–Crippen LogP) is 5.04. The van der Waals surface area contributed by atoms with E-state index in [4.69, 9.17) is 0 Å². The zero-order valence-electron chi connectivity index (χ0n) is 20.8. The molecule has 0 heterocycles. The maximum Gasteiger partial charge on any atom is 0.416 e. The van der Waals surface area contributed by atoms with Crippen LogP contribution in [0.2, 0.25) is 0 Å². The van der Waals surface area contributed by atoms with Crippen LogP contribution in [0.25, 0.3) is 0 Å². The molecule has 0 unspecified atom stereocenters. The molecule has 7 nitrogen and oxygen atoms in total. The van der Waals surface area contributed by atoms with Crippen molar-refractivity contribution in [1.82, 2.24) is 10.6 Å². The van der Waals surface area contributed by atoms with E-state index in [2.05, 4.69) is 31.4 Å². The topological polar surface area (TPSA) is 116 Å². The molecule has 0 spiro atoms. The molecule has 1 aliphatic carbocycles. The molecule has 3 rings (SSSR count). The number of carbonyl (C=O) groups is 3. The Morgan fingerprint density at radius 3 is 2.41 bits per heavy atom. The SMILES string of the molecule is CC(C)(C)NCc1ccc2c(c1)CCC[C@H]2NC(=O)C(=O)C(=O)CS(O)(O)c1cccc(C(F)(F)F)c1. The van der Waals surface area contributed by atoms with Gasteiger partial charge < -0.3 is 10.6 Å². The summed E-state index contributed by atoms with van der Waals surface area (Å²) in [6, 6.07) is 8.60. The summed E-state index contributed by atoms with van der Waals surface area (Å²) < 4.78 is 59.5. The van der Waals surface area contributed by atoms with Crippen LogP contribution in [0.4, 0.5) is 13.2 Å². The first-order valence-corrected chi connectivity index (χ1v) is 13.5. The van der Waals surface area contributed by atoms with Crippen LogP contribution < -0.4 is 10.6 Å². The van der Waals surface area contributed by atoms with Gasteiger partial charge >= 0.3 is 6.18 Å². The van der Waals surface area contributed by atoms with Gasteiger partial charge in [-0.15, -0.1) is 0 Å². The van der Waals surface area contributed by atoms with Gasteiger partial charge in [0.05, 0.1) is 16.5 Å². The van der Waals surface area contributed by atoms with Crippen LogP contribution in [-0.4, -0.2) is 37.9 Å². The van der Waals surface area contributed by atoms with Gasteiger partial charge in [-0.2, -0.15) is 23.8 Å². The number of aryl methyl sites for hydroxylation is 1. The van der Waals surface area contributed by atoms with E-state index in [1.54, 1.807) is 0 Å². The van der Waals surface area contributed by atoms with E-state index in [0.29, 0.717) is 19.0 Å². The Morgan fingerprint density at radius 2 is 1.76 bits per heavy atom. The highest BCUT2D eigenvalue weighted by Crippen LogP contribution is 2.49. The number of halogens is 3. The second kappa shape index (κ2) is 10.9.